The molecule has 1 aliphatic heterocycles. The van der Waals surface area contributed by atoms with E-state index in [9.17, 15) is 13.2 Å². The molecule has 1 fully saturated rings. The molecule has 2 aromatic heterocycles. The quantitative estimate of drug-likeness (QED) is 0.477. The lowest BCUT2D eigenvalue weighted by Gasteiger charge is -2.30. The van der Waals surface area contributed by atoms with Crippen LogP contribution < -0.4 is 5.32 Å². The van der Waals surface area contributed by atoms with Gasteiger partial charge in [-0.25, -0.2) is 8.42 Å². The van der Waals surface area contributed by atoms with Crippen molar-refractivity contribution < 1.29 is 17.6 Å². The molecular weight excluding hydrogens is 446 g/mol. The standard InChI is InChI=1S/C23H29N3O4S2/c1-2-25-11-7-19-16-21(5-6-22(19)25)32(28,29)26-12-8-18(9-13-26)23(27)24-10-15-31-17-20-4-3-14-30-20/h3-7,11,14,16,18H,2,8-10,12-13,15,17H2,1H3,(H,24,27). The third-order valence-electron chi connectivity index (χ3n) is 5.92. The number of aryl methyl sites for hydroxylation is 1. The van der Waals surface area contributed by atoms with E-state index < -0.39 is 10.0 Å². The number of hydrogen-bond donors (Lipinski definition) is 1. The first-order chi connectivity index (χ1) is 15.5. The number of sulfonamides is 1. The molecule has 172 valence electrons. The molecule has 1 saturated heterocycles. The molecule has 0 aliphatic carbocycles. The first-order valence-corrected chi connectivity index (χ1v) is 13.6. The predicted octanol–water partition coefficient (Wildman–Crippen LogP) is 3.70. The lowest BCUT2D eigenvalue weighted by atomic mass is 9.97. The topological polar surface area (TPSA) is 84.5 Å². The highest BCUT2D eigenvalue weighted by Gasteiger charge is 2.32. The molecule has 0 radical (unpaired) electrons. The van der Waals surface area contributed by atoms with Gasteiger partial charge < -0.3 is 14.3 Å². The highest BCUT2D eigenvalue weighted by molar-refractivity contribution is 7.98. The highest BCUT2D eigenvalue weighted by atomic mass is 32.2. The number of fused-ring (bicyclic) bond motifs is 1. The second-order valence-corrected chi connectivity index (χ2v) is 11.0. The van der Waals surface area contributed by atoms with Gasteiger partial charge in [0.1, 0.15) is 5.76 Å². The Morgan fingerprint density at radius 2 is 2.03 bits per heavy atom. The maximum Gasteiger partial charge on any atom is 0.243 e. The maximum absolute atomic E-state index is 13.1. The number of aromatic nitrogens is 1. The van der Waals surface area contributed by atoms with Crippen LogP contribution in [0.15, 0.2) is 58.2 Å². The molecule has 32 heavy (non-hydrogen) atoms. The summed E-state index contributed by atoms with van der Waals surface area (Å²) in [7, 11) is -3.57. The van der Waals surface area contributed by atoms with Crippen LogP contribution in [0.2, 0.25) is 0 Å². The monoisotopic (exact) mass is 475 g/mol. The van der Waals surface area contributed by atoms with E-state index in [2.05, 4.69) is 16.8 Å². The van der Waals surface area contributed by atoms with E-state index >= 15 is 0 Å². The fraction of sp³-hybridized carbons (Fsp3) is 0.435. The number of hydrogen-bond acceptors (Lipinski definition) is 5. The van der Waals surface area contributed by atoms with Gasteiger partial charge in [0.2, 0.25) is 15.9 Å². The summed E-state index contributed by atoms with van der Waals surface area (Å²) < 4.78 is 35.2. The van der Waals surface area contributed by atoms with Crippen LogP contribution in [-0.2, 0) is 27.1 Å². The Labute approximate surface area is 193 Å². The Balaban J connectivity index is 1.26. The number of carbonyl (C=O) groups is 1. The number of piperidine rings is 1. The van der Waals surface area contributed by atoms with Gasteiger partial charge in [0, 0.05) is 54.9 Å². The van der Waals surface area contributed by atoms with Crippen molar-refractivity contribution in [2.24, 2.45) is 5.92 Å². The zero-order valence-corrected chi connectivity index (χ0v) is 19.8. The van der Waals surface area contributed by atoms with Gasteiger partial charge in [-0.2, -0.15) is 16.1 Å². The number of thioether (sulfide) groups is 1. The second kappa shape index (κ2) is 10.1. The van der Waals surface area contributed by atoms with Gasteiger partial charge in [0.25, 0.3) is 0 Å². The molecule has 0 saturated carbocycles. The Morgan fingerprint density at radius 3 is 2.75 bits per heavy atom. The lowest BCUT2D eigenvalue weighted by Crippen LogP contribution is -2.43. The Kier molecular flexibility index (Phi) is 7.27. The molecule has 0 spiro atoms. The average molecular weight is 476 g/mol. The Bertz CT molecular complexity index is 1150. The molecule has 1 aromatic carbocycles. The van der Waals surface area contributed by atoms with Crippen molar-refractivity contribution in [2.75, 3.05) is 25.4 Å². The van der Waals surface area contributed by atoms with Crippen molar-refractivity contribution in [1.82, 2.24) is 14.2 Å². The number of rotatable bonds is 9. The summed E-state index contributed by atoms with van der Waals surface area (Å²) in [6.45, 7) is 4.22. The molecule has 1 aliphatic rings. The molecule has 9 heteroatoms. The van der Waals surface area contributed by atoms with Gasteiger partial charge in [0.05, 0.1) is 16.9 Å². The molecular formula is C23H29N3O4S2. The zero-order valence-electron chi connectivity index (χ0n) is 18.2. The number of amides is 1. The predicted molar refractivity (Wildman–Crippen MR) is 127 cm³/mol. The molecule has 1 N–H and O–H groups in total. The number of carbonyl (C=O) groups excluding carboxylic acids is 1. The van der Waals surface area contributed by atoms with Crippen LogP contribution in [0.4, 0.5) is 0 Å². The van der Waals surface area contributed by atoms with Crippen molar-refractivity contribution in [2.45, 2.75) is 37.0 Å². The molecule has 0 atom stereocenters. The smallest absolute Gasteiger partial charge is 0.243 e. The average Bonchev–Trinajstić information content (AvgIpc) is 3.48. The molecule has 0 bridgehead atoms. The normalized spacial score (nSPS) is 15.9. The third kappa shape index (κ3) is 5.05. The summed E-state index contributed by atoms with van der Waals surface area (Å²) >= 11 is 1.71. The van der Waals surface area contributed by atoms with Crippen molar-refractivity contribution in [3.63, 3.8) is 0 Å². The van der Waals surface area contributed by atoms with Crippen LogP contribution in [0.25, 0.3) is 10.9 Å². The SMILES string of the molecule is CCn1ccc2cc(S(=O)(=O)N3CCC(C(=O)NCCSCc4ccco4)CC3)ccc21. The van der Waals surface area contributed by atoms with Gasteiger partial charge in [-0.15, -0.1) is 0 Å². The van der Waals surface area contributed by atoms with Crippen molar-refractivity contribution in [3.05, 3.63) is 54.6 Å². The molecule has 4 rings (SSSR count). The summed E-state index contributed by atoms with van der Waals surface area (Å²) in [5.41, 5.74) is 1.03. The number of nitrogens with zero attached hydrogens (tertiary/aromatic N) is 2. The minimum atomic E-state index is -3.57. The van der Waals surface area contributed by atoms with E-state index in [0.29, 0.717) is 37.4 Å². The van der Waals surface area contributed by atoms with Crippen LogP contribution >= 0.6 is 11.8 Å². The fourth-order valence-electron chi connectivity index (χ4n) is 4.08. The van der Waals surface area contributed by atoms with Gasteiger partial charge in [-0.05, 0) is 56.2 Å². The number of furan rings is 1. The largest absolute Gasteiger partial charge is 0.468 e. The van der Waals surface area contributed by atoms with Crippen molar-refractivity contribution in [3.8, 4) is 0 Å². The third-order valence-corrected chi connectivity index (χ3v) is 8.79. The summed E-state index contributed by atoms with van der Waals surface area (Å²) in [5, 5.41) is 3.91. The minimum absolute atomic E-state index is 0.0166. The van der Waals surface area contributed by atoms with Crippen LogP contribution in [0.5, 0.6) is 0 Å². The van der Waals surface area contributed by atoms with E-state index in [1.807, 2.05) is 30.5 Å². The van der Waals surface area contributed by atoms with Crippen molar-refractivity contribution in [1.29, 1.82) is 0 Å². The van der Waals surface area contributed by atoms with Crippen LogP contribution in [0, 0.1) is 5.92 Å². The molecule has 0 unspecified atom stereocenters. The van der Waals surface area contributed by atoms with Gasteiger partial charge in [-0.1, -0.05) is 0 Å². The lowest BCUT2D eigenvalue weighted by molar-refractivity contribution is -0.125. The highest BCUT2D eigenvalue weighted by Crippen LogP contribution is 2.27. The van der Waals surface area contributed by atoms with Crippen LogP contribution in [-0.4, -0.2) is 48.6 Å². The van der Waals surface area contributed by atoms with Gasteiger partial charge in [-0.3, -0.25) is 4.79 Å². The first-order valence-electron chi connectivity index (χ1n) is 11.0. The van der Waals surface area contributed by atoms with Gasteiger partial charge in [0.15, 0.2) is 0 Å². The van der Waals surface area contributed by atoms with E-state index in [1.165, 1.54) is 4.31 Å². The molecule has 7 nitrogen and oxygen atoms in total. The van der Waals surface area contributed by atoms with E-state index in [0.717, 1.165) is 34.7 Å². The summed E-state index contributed by atoms with van der Waals surface area (Å²) in [6, 6.07) is 11.0. The molecule has 3 heterocycles. The fourth-order valence-corrected chi connectivity index (χ4v) is 6.34. The summed E-state index contributed by atoms with van der Waals surface area (Å²) in [4.78, 5) is 12.8. The number of nitrogens with one attached hydrogen (secondary N) is 1. The first kappa shape index (κ1) is 22.9. The maximum atomic E-state index is 13.1. The Hall–Kier alpha value is -2.23. The van der Waals surface area contributed by atoms with Crippen LogP contribution in [0.3, 0.4) is 0 Å². The van der Waals surface area contributed by atoms with E-state index in [1.54, 1.807) is 30.2 Å². The van der Waals surface area contributed by atoms with Gasteiger partial charge >= 0.3 is 0 Å². The molecule has 3 aromatic rings. The van der Waals surface area contributed by atoms with E-state index in [-0.39, 0.29) is 11.8 Å². The Morgan fingerprint density at radius 1 is 1.22 bits per heavy atom. The number of benzene rings is 1. The van der Waals surface area contributed by atoms with Crippen molar-refractivity contribution >= 4 is 38.6 Å². The van der Waals surface area contributed by atoms with Crippen LogP contribution in [0.1, 0.15) is 25.5 Å². The zero-order chi connectivity index (χ0) is 22.6. The second-order valence-electron chi connectivity index (χ2n) is 7.92. The summed E-state index contributed by atoms with van der Waals surface area (Å²) in [5.74, 6) is 2.40. The minimum Gasteiger partial charge on any atom is -0.468 e. The molecule has 1 amide bonds. The van der Waals surface area contributed by atoms with E-state index in [4.69, 9.17) is 4.42 Å². The summed E-state index contributed by atoms with van der Waals surface area (Å²) in [6.07, 6.45) is 4.71.